The number of carboxylic acid groups (broad SMARTS) is 1. The van der Waals surface area contributed by atoms with Gasteiger partial charge in [0.25, 0.3) is 5.91 Å². The van der Waals surface area contributed by atoms with E-state index in [2.05, 4.69) is 53.1 Å². The highest BCUT2D eigenvalue weighted by atomic mass is 16.4. The molecule has 2 aliphatic carbocycles. The van der Waals surface area contributed by atoms with Crippen LogP contribution in [0.5, 0.6) is 0 Å². The monoisotopic (exact) mass is 615 g/mol. The number of fused-ring (bicyclic) bond motifs is 3. The molecule has 0 aliphatic heterocycles. The van der Waals surface area contributed by atoms with Crippen molar-refractivity contribution in [2.45, 2.75) is 50.8 Å². The lowest BCUT2D eigenvalue weighted by atomic mass is 9.82. The van der Waals surface area contributed by atoms with Crippen LogP contribution < -0.4 is 15.5 Å². The number of hydrogen-bond acceptors (Lipinski definition) is 4. The van der Waals surface area contributed by atoms with E-state index in [0.717, 1.165) is 35.2 Å². The van der Waals surface area contributed by atoms with Gasteiger partial charge in [0.1, 0.15) is 0 Å². The van der Waals surface area contributed by atoms with Crippen molar-refractivity contribution < 1.29 is 24.6 Å². The first kappa shape index (κ1) is 30.8. The van der Waals surface area contributed by atoms with Crippen LogP contribution in [0.15, 0.2) is 103 Å². The zero-order valence-electron chi connectivity index (χ0n) is 25.5. The number of nitrogens with one attached hydrogen (secondary N) is 2. The molecule has 4 N–H and O–H groups in total. The van der Waals surface area contributed by atoms with Crippen molar-refractivity contribution in [3.05, 3.63) is 131 Å². The summed E-state index contributed by atoms with van der Waals surface area (Å²) < 4.78 is 0. The van der Waals surface area contributed by atoms with Gasteiger partial charge in [-0.05, 0) is 95.3 Å². The number of aliphatic carboxylic acids is 1. The number of rotatable bonds is 9. The second-order valence-electron chi connectivity index (χ2n) is 11.8. The van der Waals surface area contributed by atoms with Gasteiger partial charge in [0, 0.05) is 11.3 Å². The van der Waals surface area contributed by atoms with Crippen LogP contribution in [0, 0.1) is 0 Å². The molecule has 6 rings (SSSR count). The Morgan fingerprint density at radius 2 is 1.57 bits per heavy atom. The summed E-state index contributed by atoms with van der Waals surface area (Å²) in [7, 11) is 0. The van der Waals surface area contributed by atoms with Gasteiger partial charge in [-0.25, -0.2) is 9.59 Å². The highest BCUT2D eigenvalue weighted by Crippen LogP contribution is 2.38. The predicted octanol–water partition coefficient (Wildman–Crippen LogP) is 6.50. The number of aliphatic hydroxyl groups excluding tert-OH is 1. The first-order valence-corrected chi connectivity index (χ1v) is 15.7. The summed E-state index contributed by atoms with van der Waals surface area (Å²) in [6.45, 7) is -0.135. The average Bonchev–Trinajstić information content (AvgIpc) is 3.10. The highest BCUT2D eigenvalue weighted by Gasteiger charge is 2.28. The van der Waals surface area contributed by atoms with E-state index < -0.39 is 24.5 Å². The molecule has 0 aromatic heterocycles. The van der Waals surface area contributed by atoms with Gasteiger partial charge in [0.2, 0.25) is 0 Å². The molecule has 0 radical (unpaired) electrons. The summed E-state index contributed by atoms with van der Waals surface area (Å²) in [5.74, 6) is -1.90. The van der Waals surface area contributed by atoms with E-state index in [4.69, 9.17) is 5.11 Å². The predicted molar refractivity (Wildman–Crippen MR) is 178 cm³/mol. The number of carbonyl (C=O) groups excluding carboxylic acids is 2. The third-order valence-corrected chi connectivity index (χ3v) is 8.75. The van der Waals surface area contributed by atoms with E-state index in [-0.39, 0.29) is 18.6 Å². The van der Waals surface area contributed by atoms with Gasteiger partial charge in [0.05, 0.1) is 19.1 Å². The van der Waals surface area contributed by atoms with E-state index in [1.54, 1.807) is 29.2 Å². The minimum Gasteiger partial charge on any atom is -0.479 e. The third kappa shape index (κ3) is 6.87. The number of anilines is 1. The molecule has 0 bridgehead atoms. The van der Waals surface area contributed by atoms with Crippen LogP contribution in [-0.4, -0.2) is 40.8 Å². The molecular formula is C38H37N3O5. The number of carboxylic acids is 1. The Kier molecular flexibility index (Phi) is 9.26. The fraction of sp³-hybridized carbons (Fsp3) is 0.237. The summed E-state index contributed by atoms with van der Waals surface area (Å²) in [4.78, 5) is 39.3. The van der Waals surface area contributed by atoms with Crippen LogP contribution in [0.25, 0.3) is 16.7 Å². The van der Waals surface area contributed by atoms with Gasteiger partial charge in [-0.2, -0.15) is 0 Å². The molecule has 46 heavy (non-hydrogen) atoms. The molecule has 4 aromatic carbocycles. The zero-order valence-corrected chi connectivity index (χ0v) is 25.5. The quantitative estimate of drug-likeness (QED) is 0.171. The Balaban J connectivity index is 1.24. The SMILES string of the molecule is O=C(NC[C@@H](O)C(=O)O)c1ccc(CN(C(=O)NC2Cc3ccccc3-c3ccccc32)c2ccc(C3=CCCCC3)cc2)cc1. The molecule has 2 aliphatic rings. The Hall–Kier alpha value is -5.21. The van der Waals surface area contributed by atoms with Gasteiger partial charge in [-0.1, -0.05) is 78.9 Å². The number of urea groups is 1. The number of hydrogen-bond donors (Lipinski definition) is 4. The van der Waals surface area contributed by atoms with Gasteiger partial charge < -0.3 is 20.8 Å². The molecule has 8 heteroatoms. The number of carbonyl (C=O) groups is 3. The molecule has 0 saturated carbocycles. The first-order chi connectivity index (χ1) is 22.4. The Morgan fingerprint density at radius 3 is 2.28 bits per heavy atom. The number of amides is 3. The zero-order chi connectivity index (χ0) is 32.0. The molecule has 3 amide bonds. The van der Waals surface area contributed by atoms with Crippen LogP contribution in [0.4, 0.5) is 10.5 Å². The number of nitrogens with zero attached hydrogens (tertiary/aromatic N) is 1. The summed E-state index contributed by atoms with van der Waals surface area (Å²) in [5.41, 5.74) is 8.98. The van der Waals surface area contributed by atoms with Gasteiger partial charge in [-0.3, -0.25) is 9.69 Å². The molecule has 234 valence electrons. The maximum atomic E-state index is 14.2. The molecular weight excluding hydrogens is 578 g/mol. The Bertz CT molecular complexity index is 1760. The van der Waals surface area contributed by atoms with Gasteiger partial charge >= 0.3 is 12.0 Å². The molecule has 1 unspecified atom stereocenters. The lowest BCUT2D eigenvalue weighted by molar-refractivity contribution is -0.146. The molecule has 2 atom stereocenters. The normalized spacial score (nSPS) is 15.8. The second-order valence-corrected chi connectivity index (χ2v) is 11.8. The Labute approximate surface area is 268 Å². The van der Waals surface area contributed by atoms with E-state index in [1.807, 2.05) is 36.4 Å². The first-order valence-electron chi connectivity index (χ1n) is 15.7. The number of allylic oxidation sites excluding steroid dienone is 2. The van der Waals surface area contributed by atoms with Crippen LogP contribution in [0.2, 0.25) is 0 Å². The average molecular weight is 616 g/mol. The molecule has 0 saturated heterocycles. The lowest BCUT2D eigenvalue weighted by Gasteiger charge is -2.31. The summed E-state index contributed by atoms with van der Waals surface area (Å²) in [5, 5.41) is 24.1. The van der Waals surface area contributed by atoms with E-state index in [9.17, 15) is 19.5 Å². The van der Waals surface area contributed by atoms with Crippen molar-refractivity contribution in [3.8, 4) is 11.1 Å². The fourth-order valence-corrected chi connectivity index (χ4v) is 6.25. The summed E-state index contributed by atoms with van der Waals surface area (Å²) in [6.07, 6.45) is 5.85. The van der Waals surface area contributed by atoms with Gasteiger partial charge in [0.15, 0.2) is 6.10 Å². The van der Waals surface area contributed by atoms with Gasteiger partial charge in [-0.15, -0.1) is 0 Å². The van der Waals surface area contributed by atoms with Crippen molar-refractivity contribution in [1.82, 2.24) is 10.6 Å². The van der Waals surface area contributed by atoms with Crippen molar-refractivity contribution >= 4 is 29.2 Å². The van der Waals surface area contributed by atoms with Crippen LogP contribution >= 0.6 is 0 Å². The maximum absolute atomic E-state index is 14.2. The molecule has 4 aromatic rings. The minimum absolute atomic E-state index is 0.208. The standard InChI is InChI=1S/C38H37N3O5/c42-35(37(44)45)23-39-36(43)28-16-14-25(15-17-28)24-41(30-20-18-27(19-21-30)26-8-2-1-3-9-26)38(46)40-34-22-29-10-4-5-11-31(29)32-12-6-7-13-33(32)34/h4-8,10-21,34-35,42H,1-3,9,22-24H2,(H,39,43)(H,40,46)(H,44,45)/t34?,35-/m1/s1. The maximum Gasteiger partial charge on any atom is 0.334 e. The highest BCUT2D eigenvalue weighted by molar-refractivity contribution is 5.95. The van der Waals surface area contributed by atoms with Crippen LogP contribution in [0.3, 0.4) is 0 Å². The topological polar surface area (TPSA) is 119 Å². The Morgan fingerprint density at radius 1 is 0.848 bits per heavy atom. The second kappa shape index (κ2) is 13.8. The number of benzene rings is 4. The van der Waals surface area contributed by atoms with Crippen LogP contribution in [0.1, 0.15) is 64.3 Å². The fourth-order valence-electron chi connectivity index (χ4n) is 6.25. The van der Waals surface area contributed by atoms with E-state index in [1.165, 1.54) is 35.1 Å². The van der Waals surface area contributed by atoms with Crippen LogP contribution in [-0.2, 0) is 17.8 Å². The van der Waals surface area contributed by atoms with Crippen molar-refractivity contribution in [1.29, 1.82) is 0 Å². The minimum atomic E-state index is -1.68. The molecule has 0 fully saturated rings. The lowest BCUT2D eigenvalue weighted by Crippen LogP contribution is -2.42. The largest absolute Gasteiger partial charge is 0.479 e. The van der Waals surface area contributed by atoms with E-state index >= 15 is 0 Å². The molecule has 8 nitrogen and oxygen atoms in total. The smallest absolute Gasteiger partial charge is 0.334 e. The van der Waals surface area contributed by atoms with Crippen molar-refractivity contribution in [3.63, 3.8) is 0 Å². The molecule has 0 spiro atoms. The van der Waals surface area contributed by atoms with Crippen molar-refractivity contribution in [2.24, 2.45) is 0 Å². The molecule has 0 heterocycles. The summed E-state index contributed by atoms with van der Waals surface area (Å²) >= 11 is 0. The summed E-state index contributed by atoms with van der Waals surface area (Å²) in [6, 6.07) is 31.0. The number of aliphatic hydroxyl groups is 1. The van der Waals surface area contributed by atoms with Crippen molar-refractivity contribution in [2.75, 3.05) is 11.4 Å². The van der Waals surface area contributed by atoms with E-state index in [0.29, 0.717) is 12.0 Å². The third-order valence-electron chi connectivity index (χ3n) is 8.75.